The summed E-state index contributed by atoms with van der Waals surface area (Å²) in [5.41, 5.74) is 4.59. The van der Waals surface area contributed by atoms with E-state index < -0.39 is 0 Å². The second kappa shape index (κ2) is 11.5. The number of methoxy groups -OCH3 is 1. The first kappa shape index (κ1) is 25.5. The molecule has 9 heteroatoms. The molecule has 4 rings (SSSR count). The molecule has 2 aromatic carbocycles. The average molecular weight is 491 g/mol. The van der Waals surface area contributed by atoms with E-state index >= 15 is 0 Å². The Kier molecular flexibility index (Phi) is 8.12. The molecule has 0 amide bonds. The number of aromatic nitrogens is 5. The highest BCUT2D eigenvalue weighted by Crippen LogP contribution is 2.27. The largest absolute Gasteiger partial charge is 0.497 e. The molecule has 36 heavy (non-hydrogen) atoms. The maximum absolute atomic E-state index is 13.1. The van der Waals surface area contributed by atoms with Crippen molar-refractivity contribution in [1.82, 2.24) is 30.1 Å². The molecule has 190 valence electrons. The predicted molar refractivity (Wildman–Crippen MR) is 139 cm³/mol. The minimum absolute atomic E-state index is 0.0378. The number of tetrazole rings is 1. The van der Waals surface area contributed by atoms with Crippen molar-refractivity contribution in [1.29, 1.82) is 0 Å². The van der Waals surface area contributed by atoms with Crippen LogP contribution in [0.3, 0.4) is 0 Å². The van der Waals surface area contributed by atoms with Crippen LogP contribution in [0.2, 0.25) is 0 Å². The van der Waals surface area contributed by atoms with Crippen LogP contribution in [0.1, 0.15) is 53.9 Å². The Labute approximate surface area is 210 Å². The fraction of sp³-hybridized carbons (Fsp3) is 0.407. The van der Waals surface area contributed by atoms with Gasteiger partial charge in [0, 0.05) is 24.0 Å². The van der Waals surface area contributed by atoms with Crippen molar-refractivity contribution in [2.24, 2.45) is 0 Å². The number of ether oxygens (including phenoxy) is 1. The first-order valence-electron chi connectivity index (χ1n) is 12.3. The molecule has 0 radical (unpaired) electrons. The first-order chi connectivity index (χ1) is 17.4. The minimum Gasteiger partial charge on any atom is -0.497 e. The third kappa shape index (κ3) is 5.47. The zero-order chi connectivity index (χ0) is 25.7. The lowest BCUT2D eigenvalue weighted by Crippen LogP contribution is -2.35. The normalized spacial score (nSPS) is 12.4. The summed E-state index contributed by atoms with van der Waals surface area (Å²) in [5, 5.41) is 23.5. The van der Waals surface area contributed by atoms with E-state index in [1.807, 2.05) is 50.2 Å². The predicted octanol–water partition coefficient (Wildman–Crippen LogP) is 3.52. The average Bonchev–Trinajstić information content (AvgIpc) is 3.33. The first-order valence-corrected chi connectivity index (χ1v) is 12.3. The van der Waals surface area contributed by atoms with Crippen LogP contribution in [0.15, 0.2) is 47.3 Å². The van der Waals surface area contributed by atoms with Crippen molar-refractivity contribution < 1.29 is 9.84 Å². The molecule has 0 aliphatic heterocycles. The Hall–Kier alpha value is -3.56. The summed E-state index contributed by atoms with van der Waals surface area (Å²) < 4.78 is 7.05. The summed E-state index contributed by atoms with van der Waals surface area (Å²) in [7, 11) is 1.64. The van der Waals surface area contributed by atoms with E-state index in [0.717, 1.165) is 46.2 Å². The number of hydrogen-bond acceptors (Lipinski definition) is 7. The van der Waals surface area contributed by atoms with Crippen LogP contribution in [0.4, 0.5) is 0 Å². The third-order valence-electron chi connectivity index (χ3n) is 6.63. The Morgan fingerprint density at radius 2 is 1.89 bits per heavy atom. The molecule has 0 aliphatic rings. The second-order valence-electron chi connectivity index (χ2n) is 9.15. The van der Waals surface area contributed by atoms with E-state index in [0.29, 0.717) is 31.0 Å². The summed E-state index contributed by atoms with van der Waals surface area (Å²) >= 11 is 0. The van der Waals surface area contributed by atoms with Crippen molar-refractivity contribution in [3.8, 4) is 5.75 Å². The van der Waals surface area contributed by atoms with Crippen molar-refractivity contribution in [2.75, 3.05) is 20.3 Å². The van der Waals surface area contributed by atoms with Crippen LogP contribution in [-0.2, 0) is 13.1 Å². The van der Waals surface area contributed by atoms with Gasteiger partial charge in [-0.1, -0.05) is 37.6 Å². The van der Waals surface area contributed by atoms with Gasteiger partial charge in [-0.2, -0.15) is 0 Å². The van der Waals surface area contributed by atoms with E-state index in [9.17, 15) is 9.90 Å². The number of H-pyrrole nitrogens is 1. The van der Waals surface area contributed by atoms with Crippen LogP contribution >= 0.6 is 0 Å². The number of nitrogens with one attached hydrogen (secondary N) is 1. The maximum Gasteiger partial charge on any atom is 0.252 e. The van der Waals surface area contributed by atoms with Gasteiger partial charge in [0.05, 0.1) is 31.8 Å². The van der Waals surface area contributed by atoms with Gasteiger partial charge >= 0.3 is 0 Å². The third-order valence-corrected chi connectivity index (χ3v) is 6.63. The summed E-state index contributed by atoms with van der Waals surface area (Å²) in [5.74, 6) is 1.50. The Morgan fingerprint density at radius 3 is 2.58 bits per heavy atom. The number of pyridine rings is 1. The van der Waals surface area contributed by atoms with Gasteiger partial charge in [-0.05, 0) is 65.6 Å². The van der Waals surface area contributed by atoms with E-state index in [1.54, 1.807) is 11.8 Å². The fourth-order valence-electron chi connectivity index (χ4n) is 4.64. The van der Waals surface area contributed by atoms with Gasteiger partial charge in [-0.3, -0.25) is 9.69 Å². The molecule has 0 fully saturated rings. The molecular weight excluding hydrogens is 456 g/mol. The molecule has 0 spiro atoms. The van der Waals surface area contributed by atoms with Crippen molar-refractivity contribution in [3.63, 3.8) is 0 Å². The molecule has 0 saturated heterocycles. The zero-order valence-corrected chi connectivity index (χ0v) is 21.4. The Morgan fingerprint density at radius 1 is 1.14 bits per heavy atom. The number of aliphatic hydroxyl groups excluding tert-OH is 1. The standard InChI is InChI=1S/C27H34N6O3/c1-5-6-24(26-29-30-31-33(26)16-20-9-11-22(36-4)12-10-20)32(13-14-34)17-21-15-23-18(2)7-8-19(3)25(23)28-27(21)35/h7-12,15,24,34H,5-6,13-14,16-17H2,1-4H3,(H,28,35). The Balaban J connectivity index is 1.67. The molecule has 1 unspecified atom stereocenters. The summed E-state index contributed by atoms with van der Waals surface area (Å²) in [6, 6.07) is 13.7. The SMILES string of the molecule is CCCC(c1nnnn1Cc1ccc(OC)cc1)N(CCO)Cc1cc2c(C)ccc(C)c2[nH]c1=O. The monoisotopic (exact) mass is 490 g/mol. The second-order valence-corrected chi connectivity index (χ2v) is 9.15. The number of aromatic amines is 1. The van der Waals surface area contributed by atoms with Gasteiger partial charge in [0.1, 0.15) is 5.75 Å². The molecule has 2 N–H and O–H groups in total. The van der Waals surface area contributed by atoms with Crippen LogP contribution in [0.25, 0.3) is 10.9 Å². The quantitative estimate of drug-likeness (QED) is 0.331. The molecule has 0 saturated carbocycles. The molecular formula is C27H34N6O3. The number of nitrogens with zero attached hydrogens (tertiary/aromatic N) is 5. The number of rotatable bonds is 11. The number of hydrogen-bond donors (Lipinski definition) is 2. The smallest absolute Gasteiger partial charge is 0.252 e. The highest BCUT2D eigenvalue weighted by atomic mass is 16.5. The molecule has 0 bridgehead atoms. The number of aliphatic hydroxyl groups is 1. The van der Waals surface area contributed by atoms with Gasteiger partial charge in [-0.15, -0.1) is 5.10 Å². The summed E-state index contributed by atoms with van der Waals surface area (Å²) in [4.78, 5) is 18.2. The van der Waals surface area contributed by atoms with Crippen molar-refractivity contribution >= 4 is 10.9 Å². The summed E-state index contributed by atoms with van der Waals surface area (Å²) in [6.07, 6.45) is 1.68. The van der Waals surface area contributed by atoms with Gasteiger partial charge in [0.25, 0.3) is 5.56 Å². The zero-order valence-electron chi connectivity index (χ0n) is 21.4. The van der Waals surface area contributed by atoms with Gasteiger partial charge < -0.3 is 14.8 Å². The van der Waals surface area contributed by atoms with Crippen LogP contribution in [-0.4, -0.2) is 55.5 Å². The lowest BCUT2D eigenvalue weighted by Gasteiger charge is -2.30. The molecule has 4 aromatic rings. The maximum atomic E-state index is 13.1. The lowest BCUT2D eigenvalue weighted by molar-refractivity contribution is 0.128. The van der Waals surface area contributed by atoms with E-state index in [-0.39, 0.29) is 18.2 Å². The lowest BCUT2D eigenvalue weighted by atomic mass is 10.0. The molecule has 2 aromatic heterocycles. The van der Waals surface area contributed by atoms with Gasteiger partial charge in [0.15, 0.2) is 5.82 Å². The van der Waals surface area contributed by atoms with Crippen LogP contribution in [0, 0.1) is 13.8 Å². The number of benzene rings is 2. The van der Waals surface area contributed by atoms with Gasteiger partial charge in [-0.25, -0.2) is 4.68 Å². The molecule has 2 heterocycles. The topological polar surface area (TPSA) is 109 Å². The fourth-order valence-corrected chi connectivity index (χ4v) is 4.64. The highest BCUT2D eigenvalue weighted by Gasteiger charge is 2.26. The molecule has 9 nitrogen and oxygen atoms in total. The number of fused-ring (bicyclic) bond motifs is 1. The van der Waals surface area contributed by atoms with Crippen molar-refractivity contribution in [3.05, 3.63) is 80.9 Å². The summed E-state index contributed by atoms with van der Waals surface area (Å²) in [6.45, 7) is 7.39. The number of aryl methyl sites for hydroxylation is 2. The Bertz CT molecular complexity index is 1360. The molecule has 1 atom stereocenters. The van der Waals surface area contributed by atoms with E-state index in [1.165, 1.54) is 0 Å². The van der Waals surface area contributed by atoms with E-state index in [2.05, 4.69) is 38.4 Å². The van der Waals surface area contributed by atoms with Crippen molar-refractivity contribution in [2.45, 2.75) is 52.7 Å². The molecule has 0 aliphatic carbocycles. The van der Waals surface area contributed by atoms with Crippen LogP contribution in [0.5, 0.6) is 5.75 Å². The van der Waals surface area contributed by atoms with Crippen LogP contribution < -0.4 is 10.3 Å². The van der Waals surface area contributed by atoms with Gasteiger partial charge in [0.2, 0.25) is 0 Å². The minimum atomic E-state index is -0.163. The van der Waals surface area contributed by atoms with E-state index in [4.69, 9.17) is 4.74 Å². The highest BCUT2D eigenvalue weighted by molar-refractivity contribution is 5.85.